The minimum atomic E-state index is 0.285. The van der Waals surface area contributed by atoms with E-state index in [1.165, 1.54) is 11.3 Å². The number of aliphatic hydroxyl groups excluding tert-OH is 1. The van der Waals surface area contributed by atoms with E-state index in [-0.39, 0.29) is 6.61 Å². The van der Waals surface area contributed by atoms with Crippen LogP contribution < -0.4 is 0 Å². The Morgan fingerprint density at radius 1 is 1.67 bits per heavy atom. The van der Waals surface area contributed by atoms with Crippen molar-refractivity contribution in [3.63, 3.8) is 0 Å². The van der Waals surface area contributed by atoms with Gasteiger partial charge < -0.3 is 5.11 Å². The highest BCUT2D eigenvalue weighted by atomic mass is 79.9. The fourth-order valence-electron chi connectivity index (χ4n) is 2.22. The maximum absolute atomic E-state index is 9.34. The van der Waals surface area contributed by atoms with E-state index >= 15 is 0 Å². The number of rotatable bonds is 3. The predicted octanol–water partition coefficient (Wildman–Crippen LogP) is 2.71. The smallest absolute Gasteiger partial charge is 0.0589 e. The van der Waals surface area contributed by atoms with Gasteiger partial charge in [0.15, 0.2) is 0 Å². The first-order chi connectivity index (χ1) is 7.20. The van der Waals surface area contributed by atoms with Crippen LogP contribution >= 0.6 is 27.3 Å². The molecule has 2 heterocycles. The molecule has 84 valence electrons. The molecule has 2 unspecified atom stereocenters. The molecule has 1 aromatic heterocycles. The van der Waals surface area contributed by atoms with Crippen LogP contribution in [0.2, 0.25) is 0 Å². The van der Waals surface area contributed by atoms with E-state index in [1.54, 1.807) is 11.3 Å². The molecule has 0 amide bonds. The Labute approximate surface area is 103 Å². The van der Waals surface area contributed by atoms with E-state index in [9.17, 15) is 5.11 Å². The molecule has 0 bridgehead atoms. The molecule has 1 aliphatic rings. The van der Waals surface area contributed by atoms with Crippen LogP contribution in [0.4, 0.5) is 0 Å². The van der Waals surface area contributed by atoms with Gasteiger partial charge in [0, 0.05) is 27.3 Å². The monoisotopic (exact) mass is 289 g/mol. The molecule has 0 spiro atoms. The summed E-state index contributed by atoms with van der Waals surface area (Å²) in [6.07, 6.45) is 1.21. The minimum Gasteiger partial charge on any atom is -0.395 e. The van der Waals surface area contributed by atoms with E-state index in [1.807, 2.05) is 0 Å². The Morgan fingerprint density at radius 3 is 3.07 bits per heavy atom. The van der Waals surface area contributed by atoms with Crippen LogP contribution in [-0.2, 0) is 6.54 Å². The van der Waals surface area contributed by atoms with Crippen LogP contribution in [0, 0.1) is 5.92 Å². The Hall–Kier alpha value is 0.1000. The molecule has 0 saturated carbocycles. The Balaban J connectivity index is 2.00. The van der Waals surface area contributed by atoms with Gasteiger partial charge in [0.2, 0.25) is 0 Å². The first kappa shape index (κ1) is 11.6. The van der Waals surface area contributed by atoms with Gasteiger partial charge in [-0.1, -0.05) is 6.92 Å². The van der Waals surface area contributed by atoms with Gasteiger partial charge in [-0.05, 0) is 40.9 Å². The van der Waals surface area contributed by atoms with Crippen LogP contribution in [0.25, 0.3) is 0 Å². The molecule has 15 heavy (non-hydrogen) atoms. The first-order valence-corrected chi connectivity index (χ1v) is 6.96. The zero-order valence-corrected chi connectivity index (χ0v) is 11.2. The highest BCUT2D eigenvalue weighted by Crippen LogP contribution is 2.28. The lowest BCUT2D eigenvalue weighted by atomic mass is 10.0. The zero-order valence-electron chi connectivity index (χ0n) is 8.82. The van der Waals surface area contributed by atoms with Crippen molar-refractivity contribution in [2.24, 2.45) is 5.92 Å². The fourth-order valence-corrected chi connectivity index (χ4v) is 3.69. The number of nitrogens with zero attached hydrogens (tertiary/aromatic N) is 1. The van der Waals surface area contributed by atoms with Crippen LogP contribution in [0.15, 0.2) is 15.9 Å². The molecule has 1 aromatic rings. The van der Waals surface area contributed by atoms with Crippen molar-refractivity contribution in [1.29, 1.82) is 0 Å². The summed E-state index contributed by atoms with van der Waals surface area (Å²) in [6, 6.07) is 2.52. The number of hydrogen-bond donors (Lipinski definition) is 1. The maximum atomic E-state index is 9.34. The summed E-state index contributed by atoms with van der Waals surface area (Å²) in [7, 11) is 0. The molecule has 1 fully saturated rings. The summed E-state index contributed by atoms with van der Waals surface area (Å²) in [5, 5.41) is 11.5. The van der Waals surface area contributed by atoms with E-state index in [0.29, 0.717) is 12.0 Å². The van der Waals surface area contributed by atoms with Crippen molar-refractivity contribution >= 4 is 27.3 Å². The fraction of sp³-hybridized carbons (Fsp3) is 0.636. The topological polar surface area (TPSA) is 23.5 Å². The van der Waals surface area contributed by atoms with Gasteiger partial charge in [0.05, 0.1) is 6.61 Å². The molecule has 1 N–H and O–H groups in total. The third-order valence-electron chi connectivity index (χ3n) is 3.17. The number of thiophene rings is 1. The lowest BCUT2D eigenvalue weighted by Crippen LogP contribution is -2.34. The van der Waals surface area contributed by atoms with Gasteiger partial charge in [0.25, 0.3) is 0 Å². The SMILES string of the molecule is CC1CCN(Cc2cc(Br)cs2)C1CO. The number of aliphatic hydroxyl groups is 1. The van der Waals surface area contributed by atoms with Crippen molar-refractivity contribution in [3.05, 3.63) is 20.8 Å². The number of likely N-dealkylation sites (tertiary alicyclic amines) is 1. The minimum absolute atomic E-state index is 0.285. The first-order valence-electron chi connectivity index (χ1n) is 5.28. The standard InChI is InChI=1S/C11H16BrNOS/c1-8-2-3-13(11(8)6-14)5-10-4-9(12)7-15-10/h4,7-8,11,14H,2-3,5-6H2,1H3. The highest BCUT2D eigenvalue weighted by Gasteiger charge is 2.30. The highest BCUT2D eigenvalue weighted by molar-refractivity contribution is 9.10. The van der Waals surface area contributed by atoms with Crippen LogP contribution in [0.5, 0.6) is 0 Å². The second-order valence-corrected chi connectivity index (χ2v) is 6.13. The molecule has 2 atom stereocenters. The van der Waals surface area contributed by atoms with E-state index in [4.69, 9.17) is 0 Å². The van der Waals surface area contributed by atoms with E-state index in [2.05, 4.69) is 39.2 Å². The van der Waals surface area contributed by atoms with Gasteiger partial charge in [-0.3, -0.25) is 4.90 Å². The maximum Gasteiger partial charge on any atom is 0.0589 e. The second kappa shape index (κ2) is 4.95. The van der Waals surface area contributed by atoms with Crippen molar-refractivity contribution < 1.29 is 5.11 Å². The summed E-state index contributed by atoms with van der Waals surface area (Å²) in [5.41, 5.74) is 0. The summed E-state index contributed by atoms with van der Waals surface area (Å²) in [6.45, 7) is 4.60. The molecular weight excluding hydrogens is 274 g/mol. The summed E-state index contributed by atoms with van der Waals surface area (Å²) < 4.78 is 1.16. The molecule has 1 aliphatic heterocycles. The van der Waals surface area contributed by atoms with Crippen molar-refractivity contribution in [3.8, 4) is 0 Å². The van der Waals surface area contributed by atoms with Crippen LogP contribution in [-0.4, -0.2) is 29.2 Å². The summed E-state index contributed by atoms with van der Waals surface area (Å²) >= 11 is 5.25. The third-order valence-corrected chi connectivity index (χ3v) is 4.85. The molecule has 0 aromatic carbocycles. The average Bonchev–Trinajstić information content (AvgIpc) is 2.75. The molecule has 0 aliphatic carbocycles. The van der Waals surface area contributed by atoms with E-state index in [0.717, 1.165) is 17.6 Å². The zero-order chi connectivity index (χ0) is 10.8. The van der Waals surface area contributed by atoms with Crippen molar-refractivity contribution in [2.75, 3.05) is 13.2 Å². The Kier molecular flexibility index (Phi) is 3.83. The molecule has 4 heteroatoms. The second-order valence-electron chi connectivity index (χ2n) is 4.22. The molecular formula is C11H16BrNOS. The van der Waals surface area contributed by atoms with Crippen molar-refractivity contribution in [1.82, 2.24) is 4.90 Å². The Bertz CT molecular complexity index is 328. The summed E-state index contributed by atoms with van der Waals surface area (Å²) in [4.78, 5) is 3.76. The van der Waals surface area contributed by atoms with Gasteiger partial charge in [-0.15, -0.1) is 11.3 Å². The van der Waals surface area contributed by atoms with Crippen LogP contribution in [0.1, 0.15) is 18.2 Å². The lowest BCUT2D eigenvalue weighted by molar-refractivity contribution is 0.135. The van der Waals surface area contributed by atoms with Gasteiger partial charge in [-0.25, -0.2) is 0 Å². The normalized spacial score (nSPS) is 27.4. The predicted molar refractivity (Wildman–Crippen MR) is 67.1 cm³/mol. The lowest BCUT2D eigenvalue weighted by Gasteiger charge is -2.24. The van der Waals surface area contributed by atoms with Gasteiger partial charge >= 0.3 is 0 Å². The molecule has 2 nitrogen and oxygen atoms in total. The number of hydrogen-bond acceptors (Lipinski definition) is 3. The Morgan fingerprint density at radius 2 is 2.47 bits per heavy atom. The van der Waals surface area contributed by atoms with Crippen LogP contribution in [0.3, 0.4) is 0 Å². The average molecular weight is 290 g/mol. The van der Waals surface area contributed by atoms with Crippen molar-refractivity contribution in [2.45, 2.75) is 25.9 Å². The van der Waals surface area contributed by atoms with Gasteiger partial charge in [-0.2, -0.15) is 0 Å². The molecule has 1 saturated heterocycles. The van der Waals surface area contributed by atoms with E-state index < -0.39 is 0 Å². The summed E-state index contributed by atoms with van der Waals surface area (Å²) in [5.74, 6) is 0.624. The number of halogens is 1. The molecule has 2 rings (SSSR count). The quantitative estimate of drug-likeness (QED) is 0.925. The molecule has 0 radical (unpaired) electrons. The van der Waals surface area contributed by atoms with Gasteiger partial charge in [0.1, 0.15) is 0 Å². The largest absolute Gasteiger partial charge is 0.395 e. The third kappa shape index (κ3) is 2.61.